The molecule has 1 aliphatic rings. The molecule has 1 saturated carbocycles. The molecule has 3 aromatic rings. The number of amides is 1. The molecule has 1 fully saturated rings. The fourth-order valence-corrected chi connectivity index (χ4v) is 5.60. The van der Waals surface area contributed by atoms with Gasteiger partial charge in [-0.2, -0.15) is 0 Å². The summed E-state index contributed by atoms with van der Waals surface area (Å²) in [5.74, 6) is -0.907. The minimum atomic E-state index is -4.78. The quantitative estimate of drug-likeness (QED) is 0.346. The van der Waals surface area contributed by atoms with Crippen molar-refractivity contribution in [2.24, 2.45) is 11.3 Å². The molecule has 3 atom stereocenters. The number of fused-ring (bicyclic) bond motifs is 1. The number of carbonyl (C=O) groups is 2. The molecule has 0 saturated heterocycles. The number of nitrogens with zero attached hydrogens (tertiary/aromatic N) is 3. The van der Waals surface area contributed by atoms with Gasteiger partial charge in [0.25, 0.3) is 5.91 Å². The highest BCUT2D eigenvalue weighted by Gasteiger charge is 2.35. The summed E-state index contributed by atoms with van der Waals surface area (Å²) >= 11 is 0. The summed E-state index contributed by atoms with van der Waals surface area (Å²) in [4.78, 5) is 30.3. The molecule has 11 heteroatoms. The Bertz CT molecular complexity index is 1370. The fraction of sp³-hybridized carbons (Fsp3) is 0.464. The molecule has 4 rings (SSSR count). The van der Waals surface area contributed by atoms with Crippen molar-refractivity contribution in [3.8, 4) is 5.75 Å². The van der Waals surface area contributed by atoms with Gasteiger partial charge in [-0.3, -0.25) is 4.79 Å². The number of likely N-dealkylation sites (N-methyl/N-ethyl adjacent to an activating group) is 1. The van der Waals surface area contributed by atoms with Gasteiger partial charge < -0.3 is 24.6 Å². The number of halogens is 3. The summed E-state index contributed by atoms with van der Waals surface area (Å²) in [6.45, 7) is 8.12. The van der Waals surface area contributed by atoms with Gasteiger partial charge in [-0.1, -0.05) is 20.8 Å². The average molecular weight is 547 g/mol. The van der Waals surface area contributed by atoms with Crippen molar-refractivity contribution in [1.29, 1.82) is 0 Å². The first-order chi connectivity index (χ1) is 18.1. The highest BCUT2D eigenvalue weighted by atomic mass is 19.4. The highest BCUT2D eigenvalue weighted by Crippen LogP contribution is 2.46. The van der Waals surface area contributed by atoms with Gasteiger partial charge in [0, 0.05) is 24.3 Å². The number of nitrogens with one attached hydrogen (secondary N) is 1. The van der Waals surface area contributed by atoms with E-state index < -0.39 is 24.3 Å². The second-order valence-corrected chi connectivity index (χ2v) is 11.2. The lowest BCUT2D eigenvalue weighted by Crippen LogP contribution is -2.40. The second-order valence-electron chi connectivity index (χ2n) is 11.2. The topological polar surface area (TPSA) is 96.7 Å². The van der Waals surface area contributed by atoms with Crippen LogP contribution in [0.1, 0.15) is 63.4 Å². The smallest absolute Gasteiger partial charge is 0.480 e. The van der Waals surface area contributed by atoms with Gasteiger partial charge in [0.2, 0.25) is 5.95 Å². The van der Waals surface area contributed by atoms with Crippen LogP contribution in [0.2, 0.25) is 0 Å². The number of anilines is 2. The molecule has 0 aliphatic heterocycles. The molecule has 2 N–H and O–H groups in total. The van der Waals surface area contributed by atoms with E-state index in [1.807, 2.05) is 6.07 Å². The molecule has 8 nitrogen and oxygen atoms in total. The van der Waals surface area contributed by atoms with Crippen LogP contribution < -0.4 is 10.1 Å². The van der Waals surface area contributed by atoms with E-state index in [0.29, 0.717) is 28.6 Å². The van der Waals surface area contributed by atoms with Crippen molar-refractivity contribution < 1.29 is 32.6 Å². The van der Waals surface area contributed by atoms with Crippen LogP contribution in [0.5, 0.6) is 5.75 Å². The van der Waals surface area contributed by atoms with Gasteiger partial charge in [-0.05, 0) is 80.0 Å². The Morgan fingerprint density at radius 1 is 1.18 bits per heavy atom. The molecule has 0 bridgehead atoms. The fourth-order valence-electron chi connectivity index (χ4n) is 5.60. The summed E-state index contributed by atoms with van der Waals surface area (Å²) in [5.41, 5.74) is 2.27. The number of hydrogen-bond acceptors (Lipinski definition) is 5. The molecule has 1 aliphatic carbocycles. The molecular formula is C28H33F3N4O4. The third kappa shape index (κ3) is 6.46. The number of carbonyl (C=O) groups excluding carboxylic acids is 1. The van der Waals surface area contributed by atoms with Crippen LogP contribution in [0.4, 0.5) is 24.8 Å². The molecule has 210 valence electrons. The van der Waals surface area contributed by atoms with E-state index in [1.165, 1.54) is 38.2 Å². The monoisotopic (exact) mass is 546 g/mol. The molecule has 1 heterocycles. The Kier molecular flexibility index (Phi) is 7.55. The Morgan fingerprint density at radius 2 is 1.85 bits per heavy atom. The molecule has 0 radical (unpaired) electrons. The number of hydrogen-bond donors (Lipinski definition) is 2. The van der Waals surface area contributed by atoms with Gasteiger partial charge in [-0.25, -0.2) is 9.78 Å². The van der Waals surface area contributed by atoms with Gasteiger partial charge in [0.1, 0.15) is 11.8 Å². The summed E-state index contributed by atoms with van der Waals surface area (Å²) in [5, 5.41) is 12.5. The predicted molar refractivity (Wildman–Crippen MR) is 141 cm³/mol. The predicted octanol–water partition coefficient (Wildman–Crippen LogP) is 6.61. The lowest BCUT2D eigenvalue weighted by Gasteiger charge is -2.40. The van der Waals surface area contributed by atoms with E-state index in [-0.39, 0.29) is 17.2 Å². The van der Waals surface area contributed by atoms with Crippen molar-refractivity contribution in [2.75, 3.05) is 12.4 Å². The zero-order valence-electron chi connectivity index (χ0n) is 22.5. The summed E-state index contributed by atoms with van der Waals surface area (Å²) in [7, 11) is 1.44. The number of aliphatic carboxylic acids is 1. The highest BCUT2D eigenvalue weighted by molar-refractivity contribution is 5.99. The number of rotatable bonds is 7. The van der Waals surface area contributed by atoms with E-state index in [2.05, 4.69) is 35.4 Å². The number of carboxylic acids is 1. The van der Waals surface area contributed by atoms with Crippen LogP contribution in [-0.2, 0) is 4.79 Å². The first-order valence-corrected chi connectivity index (χ1v) is 12.8. The van der Waals surface area contributed by atoms with Crippen molar-refractivity contribution >= 4 is 34.5 Å². The molecule has 39 heavy (non-hydrogen) atoms. The van der Waals surface area contributed by atoms with Crippen molar-refractivity contribution in [3.05, 3.63) is 48.0 Å². The summed E-state index contributed by atoms with van der Waals surface area (Å²) in [6, 6.07) is 9.63. The maximum absolute atomic E-state index is 13.0. The molecule has 2 aromatic carbocycles. The minimum Gasteiger partial charge on any atom is -0.480 e. The average Bonchev–Trinajstić information content (AvgIpc) is 3.18. The Morgan fingerprint density at radius 3 is 2.44 bits per heavy atom. The van der Waals surface area contributed by atoms with E-state index in [4.69, 9.17) is 4.98 Å². The van der Waals surface area contributed by atoms with E-state index in [9.17, 15) is 27.9 Å². The van der Waals surface area contributed by atoms with Crippen molar-refractivity contribution in [2.45, 2.75) is 65.4 Å². The van der Waals surface area contributed by atoms with E-state index in [0.717, 1.165) is 29.7 Å². The van der Waals surface area contributed by atoms with Gasteiger partial charge in [0.05, 0.1) is 11.0 Å². The number of benzene rings is 2. The van der Waals surface area contributed by atoms with E-state index in [1.54, 1.807) is 12.1 Å². The van der Waals surface area contributed by atoms with Gasteiger partial charge in [0.15, 0.2) is 0 Å². The standard InChI is InChI=1S/C28H33F3N4O4/c1-16-12-20(15-27(3,4)14-16)35-23-11-6-18(24(36)34(5)17(2)25(37)38)13-22(23)33-26(35)32-19-7-9-21(10-8-19)39-28(29,30)31/h6-11,13,16-17,20H,12,14-15H2,1-5H3,(H,32,33)(H,37,38)/t16-,17?,20+/m1/s1. The zero-order valence-corrected chi connectivity index (χ0v) is 22.5. The number of imidazole rings is 1. The number of aromatic nitrogens is 2. The maximum Gasteiger partial charge on any atom is 0.573 e. The minimum absolute atomic E-state index is 0.0956. The van der Waals surface area contributed by atoms with Crippen LogP contribution >= 0.6 is 0 Å². The molecule has 0 spiro atoms. The molecule has 1 aromatic heterocycles. The lowest BCUT2D eigenvalue weighted by molar-refractivity contribution is -0.274. The zero-order chi connectivity index (χ0) is 28.7. The normalized spacial score (nSPS) is 19.9. The molecule has 1 amide bonds. The van der Waals surface area contributed by atoms with Crippen molar-refractivity contribution in [1.82, 2.24) is 14.5 Å². The summed E-state index contributed by atoms with van der Waals surface area (Å²) in [6.07, 6.45) is -1.87. The molecular weight excluding hydrogens is 513 g/mol. The second kappa shape index (κ2) is 10.4. The van der Waals surface area contributed by atoms with E-state index >= 15 is 0 Å². The molecule has 1 unspecified atom stereocenters. The van der Waals surface area contributed by atoms with Crippen molar-refractivity contribution in [3.63, 3.8) is 0 Å². The Labute approximate surface area is 224 Å². The van der Waals surface area contributed by atoms with Gasteiger partial charge in [-0.15, -0.1) is 13.2 Å². The number of ether oxygens (including phenoxy) is 1. The summed E-state index contributed by atoms with van der Waals surface area (Å²) < 4.78 is 43.8. The van der Waals surface area contributed by atoms with Crippen LogP contribution in [0, 0.1) is 11.3 Å². The lowest BCUT2D eigenvalue weighted by atomic mass is 9.70. The first kappa shape index (κ1) is 28.3. The Balaban J connectivity index is 1.73. The third-order valence-electron chi connectivity index (χ3n) is 7.27. The maximum atomic E-state index is 13.0. The SMILES string of the molecule is CC(C(=O)O)N(C)C(=O)c1ccc2c(c1)nc(Nc1ccc(OC(F)(F)F)cc1)n2[C@H]1C[C@@H](C)CC(C)(C)C1. The number of carboxylic acid groups (broad SMARTS) is 1. The third-order valence-corrected chi connectivity index (χ3v) is 7.27. The van der Waals surface area contributed by atoms with Crippen LogP contribution in [0.25, 0.3) is 11.0 Å². The van der Waals surface area contributed by atoms with Crippen LogP contribution in [0.15, 0.2) is 42.5 Å². The number of alkyl halides is 3. The van der Waals surface area contributed by atoms with Gasteiger partial charge >= 0.3 is 12.3 Å². The Hall–Kier alpha value is -3.76. The largest absolute Gasteiger partial charge is 0.573 e. The first-order valence-electron chi connectivity index (χ1n) is 12.8. The van der Waals surface area contributed by atoms with Crippen LogP contribution in [0.3, 0.4) is 0 Å². The van der Waals surface area contributed by atoms with Crippen LogP contribution in [-0.4, -0.2) is 50.9 Å².